The predicted octanol–water partition coefficient (Wildman–Crippen LogP) is 3.22. The van der Waals surface area contributed by atoms with Gasteiger partial charge >= 0.3 is 0 Å². The van der Waals surface area contributed by atoms with Gasteiger partial charge in [-0.25, -0.2) is 0 Å². The number of likely N-dealkylation sites (N-methyl/N-ethyl adjacent to an activating group) is 1. The largest absolute Gasteiger partial charge is 0.311 e. The molecule has 0 saturated carbocycles. The molecule has 2 nitrogen and oxygen atoms in total. The second kappa shape index (κ2) is 6.55. The first kappa shape index (κ1) is 13.9. The van der Waals surface area contributed by atoms with E-state index in [2.05, 4.69) is 35.5 Å². The molecule has 2 rings (SSSR count). The summed E-state index contributed by atoms with van der Waals surface area (Å²) in [4.78, 5) is 2.47. The number of hydrogen-bond donors (Lipinski definition) is 1. The van der Waals surface area contributed by atoms with Gasteiger partial charge in [0.05, 0.1) is 0 Å². The Balaban J connectivity index is 1.79. The average molecular weight is 267 g/mol. The van der Waals surface area contributed by atoms with E-state index in [-0.39, 0.29) is 0 Å². The van der Waals surface area contributed by atoms with Gasteiger partial charge in [0.2, 0.25) is 0 Å². The Hall–Kier alpha value is -0.570. The monoisotopic (exact) mass is 266 g/mol. The van der Waals surface area contributed by atoms with Crippen LogP contribution in [0.4, 0.5) is 0 Å². The van der Waals surface area contributed by atoms with Gasteiger partial charge in [-0.15, -0.1) is 0 Å². The van der Waals surface area contributed by atoms with Crippen molar-refractivity contribution in [3.63, 3.8) is 0 Å². The standard InChI is InChI=1S/C15H23ClN2/c1-12-6-7-13(9-15(12)16)10-17-11-14-5-3-4-8-18(14)2/h6-7,9,14,17H,3-5,8,10-11H2,1-2H3. The van der Waals surface area contributed by atoms with Gasteiger partial charge in [-0.05, 0) is 50.6 Å². The van der Waals surface area contributed by atoms with Gasteiger partial charge in [-0.1, -0.05) is 30.2 Å². The molecule has 1 aromatic carbocycles. The van der Waals surface area contributed by atoms with Crippen LogP contribution in [0.3, 0.4) is 0 Å². The highest BCUT2D eigenvalue weighted by Gasteiger charge is 2.17. The highest BCUT2D eigenvalue weighted by atomic mass is 35.5. The van der Waals surface area contributed by atoms with Crippen molar-refractivity contribution in [3.8, 4) is 0 Å². The van der Waals surface area contributed by atoms with Crippen molar-refractivity contribution in [2.75, 3.05) is 20.1 Å². The second-order valence-corrected chi connectivity index (χ2v) is 5.75. The molecule has 1 atom stereocenters. The summed E-state index contributed by atoms with van der Waals surface area (Å²) in [5, 5.41) is 4.41. The van der Waals surface area contributed by atoms with Crippen LogP contribution in [-0.4, -0.2) is 31.1 Å². The Morgan fingerprint density at radius 2 is 2.22 bits per heavy atom. The maximum absolute atomic E-state index is 6.13. The molecular formula is C15H23ClN2. The van der Waals surface area contributed by atoms with Crippen LogP contribution in [0, 0.1) is 6.92 Å². The minimum Gasteiger partial charge on any atom is -0.311 e. The first-order chi connectivity index (χ1) is 8.66. The first-order valence-electron chi connectivity index (χ1n) is 6.83. The topological polar surface area (TPSA) is 15.3 Å². The second-order valence-electron chi connectivity index (χ2n) is 5.34. The zero-order valence-electron chi connectivity index (χ0n) is 11.4. The molecule has 0 radical (unpaired) electrons. The van der Waals surface area contributed by atoms with E-state index in [9.17, 15) is 0 Å². The summed E-state index contributed by atoms with van der Waals surface area (Å²) < 4.78 is 0. The molecule has 0 aliphatic carbocycles. The Morgan fingerprint density at radius 1 is 1.39 bits per heavy atom. The molecule has 1 saturated heterocycles. The highest BCUT2D eigenvalue weighted by Crippen LogP contribution is 2.17. The third-order valence-electron chi connectivity index (χ3n) is 3.87. The molecule has 100 valence electrons. The van der Waals surface area contributed by atoms with Crippen LogP contribution in [0.25, 0.3) is 0 Å². The van der Waals surface area contributed by atoms with Crippen molar-refractivity contribution < 1.29 is 0 Å². The number of rotatable bonds is 4. The number of benzene rings is 1. The molecule has 1 aliphatic rings. The molecule has 3 heteroatoms. The van der Waals surface area contributed by atoms with Gasteiger partial charge in [0.1, 0.15) is 0 Å². The molecule has 0 bridgehead atoms. The molecule has 1 heterocycles. The van der Waals surface area contributed by atoms with Gasteiger partial charge in [0.25, 0.3) is 0 Å². The third-order valence-corrected chi connectivity index (χ3v) is 4.27. The molecular weight excluding hydrogens is 244 g/mol. The van der Waals surface area contributed by atoms with E-state index in [0.717, 1.165) is 23.7 Å². The van der Waals surface area contributed by atoms with Crippen molar-refractivity contribution in [1.82, 2.24) is 10.2 Å². The van der Waals surface area contributed by atoms with E-state index in [0.29, 0.717) is 6.04 Å². The average Bonchev–Trinajstić information content (AvgIpc) is 2.36. The Labute approximate surface area is 115 Å². The minimum atomic E-state index is 0.694. The van der Waals surface area contributed by atoms with Gasteiger partial charge in [0.15, 0.2) is 0 Å². The van der Waals surface area contributed by atoms with E-state index in [1.807, 2.05) is 6.92 Å². The lowest BCUT2D eigenvalue weighted by atomic mass is 10.0. The van der Waals surface area contributed by atoms with Crippen LogP contribution < -0.4 is 5.32 Å². The molecule has 18 heavy (non-hydrogen) atoms. The van der Waals surface area contributed by atoms with Crippen LogP contribution in [0.15, 0.2) is 18.2 Å². The summed E-state index contributed by atoms with van der Waals surface area (Å²) in [6, 6.07) is 7.00. The number of hydrogen-bond acceptors (Lipinski definition) is 2. The highest BCUT2D eigenvalue weighted by molar-refractivity contribution is 6.31. The number of piperidine rings is 1. The first-order valence-corrected chi connectivity index (χ1v) is 7.20. The Kier molecular flexibility index (Phi) is 5.04. The smallest absolute Gasteiger partial charge is 0.0438 e. The summed E-state index contributed by atoms with van der Waals surface area (Å²) in [6.07, 6.45) is 4.03. The van der Waals surface area contributed by atoms with Gasteiger partial charge in [-0.2, -0.15) is 0 Å². The quantitative estimate of drug-likeness (QED) is 0.900. The van der Waals surface area contributed by atoms with E-state index >= 15 is 0 Å². The van der Waals surface area contributed by atoms with E-state index in [1.54, 1.807) is 0 Å². The molecule has 1 N–H and O–H groups in total. The lowest BCUT2D eigenvalue weighted by molar-refractivity contribution is 0.181. The van der Waals surface area contributed by atoms with Crippen molar-refractivity contribution in [2.24, 2.45) is 0 Å². The van der Waals surface area contributed by atoms with Crippen LogP contribution >= 0.6 is 11.6 Å². The lowest BCUT2D eigenvalue weighted by Crippen LogP contribution is -2.42. The van der Waals surface area contributed by atoms with E-state index in [1.165, 1.54) is 31.4 Å². The van der Waals surface area contributed by atoms with Gasteiger partial charge in [-0.3, -0.25) is 0 Å². The van der Waals surface area contributed by atoms with Crippen LogP contribution in [0.1, 0.15) is 30.4 Å². The third kappa shape index (κ3) is 3.71. The van der Waals surface area contributed by atoms with Crippen molar-refractivity contribution in [2.45, 2.75) is 38.8 Å². The zero-order chi connectivity index (χ0) is 13.0. The maximum Gasteiger partial charge on any atom is 0.0438 e. The van der Waals surface area contributed by atoms with Gasteiger partial charge < -0.3 is 10.2 Å². The Bertz CT molecular complexity index is 392. The number of aryl methyl sites for hydroxylation is 1. The number of nitrogens with zero attached hydrogens (tertiary/aromatic N) is 1. The van der Waals surface area contributed by atoms with Gasteiger partial charge in [0, 0.05) is 24.2 Å². The Morgan fingerprint density at radius 3 is 2.94 bits per heavy atom. The van der Waals surface area contributed by atoms with Crippen molar-refractivity contribution in [3.05, 3.63) is 34.3 Å². The SMILES string of the molecule is Cc1ccc(CNCC2CCCCN2C)cc1Cl. The summed E-state index contributed by atoms with van der Waals surface area (Å²) in [5.74, 6) is 0. The van der Waals surface area contributed by atoms with E-state index < -0.39 is 0 Å². The van der Waals surface area contributed by atoms with Crippen molar-refractivity contribution >= 4 is 11.6 Å². The van der Waals surface area contributed by atoms with Crippen molar-refractivity contribution in [1.29, 1.82) is 0 Å². The van der Waals surface area contributed by atoms with Crippen LogP contribution in [-0.2, 0) is 6.54 Å². The van der Waals surface area contributed by atoms with Crippen LogP contribution in [0.5, 0.6) is 0 Å². The summed E-state index contributed by atoms with van der Waals surface area (Å²) >= 11 is 6.13. The summed E-state index contributed by atoms with van der Waals surface area (Å²) in [5.41, 5.74) is 2.41. The molecule has 1 unspecified atom stereocenters. The minimum absolute atomic E-state index is 0.694. The fourth-order valence-electron chi connectivity index (χ4n) is 2.53. The normalized spacial score (nSPS) is 21.2. The molecule has 1 aromatic rings. The van der Waals surface area contributed by atoms with Crippen LogP contribution in [0.2, 0.25) is 5.02 Å². The fourth-order valence-corrected chi connectivity index (χ4v) is 2.73. The number of likely N-dealkylation sites (tertiary alicyclic amines) is 1. The number of halogens is 1. The maximum atomic E-state index is 6.13. The molecule has 0 amide bonds. The molecule has 0 aromatic heterocycles. The lowest BCUT2D eigenvalue weighted by Gasteiger charge is -2.32. The molecule has 1 aliphatic heterocycles. The fraction of sp³-hybridized carbons (Fsp3) is 0.600. The molecule has 1 fully saturated rings. The summed E-state index contributed by atoms with van der Waals surface area (Å²) in [6.45, 7) is 5.26. The zero-order valence-corrected chi connectivity index (χ0v) is 12.1. The summed E-state index contributed by atoms with van der Waals surface area (Å²) in [7, 11) is 2.23. The number of nitrogens with one attached hydrogen (secondary N) is 1. The predicted molar refractivity (Wildman–Crippen MR) is 78.2 cm³/mol. The van der Waals surface area contributed by atoms with E-state index in [4.69, 9.17) is 11.6 Å². The molecule has 0 spiro atoms.